The van der Waals surface area contributed by atoms with Crippen LogP contribution in [0.3, 0.4) is 0 Å². The van der Waals surface area contributed by atoms with E-state index in [4.69, 9.17) is 0 Å². The van der Waals surface area contributed by atoms with Gasteiger partial charge in [-0.3, -0.25) is 0 Å². The summed E-state index contributed by atoms with van der Waals surface area (Å²) in [5.74, 6) is 0.466. The van der Waals surface area contributed by atoms with Crippen LogP contribution in [0.15, 0.2) is 24.8 Å². The maximum absolute atomic E-state index is 13.3. The zero-order valence-corrected chi connectivity index (χ0v) is 7.59. The van der Waals surface area contributed by atoms with Crippen LogP contribution in [0.1, 0.15) is 36.3 Å². The van der Waals surface area contributed by atoms with Crippen molar-refractivity contribution in [2.75, 3.05) is 0 Å². The molecule has 1 fully saturated rings. The number of rotatable bonds is 2. The van der Waals surface area contributed by atoms with Gasteiger partial charge in [0, 0.05) is 5.56 Å². The maximum Gasteiger partial charge on any atom is 0.130 e. The van der Waals surface area contributed by atoms with Gasteiger partial charge in [0.05, 0.1) is 0 Å². The molecule has 68 valence electrons. The van der Waals surface area contributed by atoms with Crippen LogP contribution in [0.5, 0.6) is 0 Å². The molecule has 1 aromatic rings. The van der Waals surface area contributed by atoms with Gasteiger partial charge in [0.1, 0.15) is 5.82 Å². The van der Waals surface area contributed by atoms with Gasteiger partial charge in [0.25, 0.3) is 0 Å². The summed E-state index contributed by atoms with van der Waals surface area (Å²) in [5, 5.41) is 0. The third-order valence-corrected chi connectivity index (χ3v) is 2.82. The van der Waals surface area contributed by atoms with E-state index in [2.05, 4.69) is 6.58 Å². The van der Waals surface area contributed by atoms with Crippen molar-refractivity contribution in [3.63, 3.8) is 0 Å². The van der Waals surface area contributed by atoms with Crippen LogP contribution >= 0.6 is 0 Å². The van der Waals surface area contributed by atoms with Crippen molar-refractivity contribution in [2.24, 2.45) is 0 Å². The minimum Gasteiger partial charge on any atom is -0.206 e. The van der Waals surface area contributed by atoms with E-state index in [0.717, 1.165) is 5.56 Å². The van der Waals surface area contributed by atoms with Crippen molar-refractivity contribution >= 4 is 6.08 Å². The molecule has 0 bridgehead atoms. The Morgan fingerprint density at radius 1 is 1.38 bits per heavy atom. The standard InChI is InChI=1S/C12H13F/c1-2-9-6-7-11(8-12(9)13)10-4-3-5-10/h2,6-8,10H,1,3-5H2. The largest absolute Gasteiger partial charge is 0.206 e. The molecule has 1 aliphatic carbocycles. The van der Waals surface area contributed by atoms with E-state index in [0.29, 0.717) is 11.5 Å². The Kier molecular flexibility index (Phi) is 2.17. The summed E-state index contributed by atoms with van der Waals surface area (Å²) < 4.78 is 13.3. The molecule has 2 rings (SSSR count). The van der Waals surface area contributed by atoms with E-state index < -0.39 is 0 Å². The molecule has 1 aromatic carbocycles. The van der Waals surface area contributed by atoms with E-state index in [1.165, 1.54) is 19.3 Å². The summed E-state index contributed by atoms with van der Waals surface area (Å²) in [6, 6.07) is 5.49. The fourth-order valence-electron chi connectivity index (χ4n) is 1.70. The summed E-state index contributed by atoms with van der Waals surface area (Å²) >= 11 is 0. The quantitative estimate of drug-likeness (QED) is 0.644. The number of hydrogen-bond donors (Lipinski definition) is 0. The lowest BCUT2D eigenvalue weighted by Crippen LogP contribution is -2.08. The van der Waals surface area contributed by atoms with Gasteiger partial charge in [-0.25, -0.2) is 4.39 Å². The lowest BCUT2D eigenvalue weighted by molar-refractivity contribution is 0.418. The molecule has 0 radical (unpaired) electrons. The first kappa shape index (κ1) is 8.49. The molecule has 1 saturated carbocycles. The van der Waals surface area contributed by atoms with Crippen LogP contribution in [0.2, 0.25) is 0 Å². The molecule has 0 aliphatic heterocycles. The smallest absolute Gasteiger partial charge is 0.130 e. The average molecular weight is 176 g/mol. The predicted octanol–water partition coefficient (Wildman–Crippen LogP) is 3.74. The second-order valence-corrected chi connectivity index (χ2v) is 3.61. The van der Waals surface area contributed by atoms with E-state index in [1.807, 2.05) is 12.1 Å². The number of halogens is 1. The fourth-order valence-corrected chi connectivity index (χ4v) is 1.70. The summed E-state index contributed by atoms with van der Waals surface area (Å²) in [6.45, 7) is 3.56. The lowest BCUT2D eigenvalue weighted by Gasteiger charge is -2.25. The Morgan fingerprint density at radius 3 is 2.62 bits per heavy atom. The third kappa shape index (κ3) is 1.51. The normalized spacial score (nSPS) is 16.7. The van der Waals surface area contributed by atoms with Gasteiger partial charge < -0.3 is 0 Å². The third-order valence-electron chi connectivity index (χ3n) is 2.82. The molecule has 13 heavy (non-hydrogen) atoms. The summed E-state index contributed by atoms with van der Waals surface area (Å²) in [4.78, 5) is 0. The van der Waals surface area contributed by atoms with Crippen molar-refractivity contribution in [2.45, 2.75) is 25.2 Å². The van der Waals surface area contributed by atoms with Crippen LogP contribution in [0, 0.1) is 5.82 Å². The SMILES string of the molecule is C=Cc1ccc(C2CCC2)cc1F. The zero-order valence-electron chi connectivity index (χ0n) is 7.59. The molecule has 1 heteroatoms. The Balaban J connectivity index is 2.29. The molecule has 0 amide bonds. The van der Waals surface area contributed by atoms with E-state index in [-0.39, 0.29) is 5.82 Å². The topological polar surface area (TPSA) is 0 Å². The van der Waals surface area contributed by atoms with E-state index in [9.17, 15) is 4.39 Å². The van der Waals surface area contributed by atoms with Crippen LogP contribution in [-0.4, -0.2) is 0 Å². The second kappa shape index (κ2) is 3.33. The fraction of sp³-hybridized carbons (Fsp3) is 0.333. The highest BCUT2D eigenvalue weighted by Crippen LogP contribution is 2.36. The predicted molar refractivity (Wildman–Crippen MR) is 53.1 cm³/mol. The second-order valence-electron chi connectivity index (χ2n) is 3.61. The Bertz CT molecular complexity index is 324. The first-order valence-electron chi connectivity index (χ1n) is 4.73. The minimum atomic E-state index is -0.139. The molecule has 1 aliphatic rings. The lowest BCUT2D eigenvalue weighted by atomic mass is 9.80. The summed E-state index contributed by atoms with van der Waals surface area (Å²) in [7, 11) is 0. The number of hydrogen-bond acceptors (Lipinski definition) is 0. The summed E-state index contributed by atoms with van der Waals surface area (Å²) in [6.07, 6.45) is 5.27. The molecule has 0 N–H and O–H groups in total. The van der Waals surface area contributed by atoms with Crippen LogP contribution < -0.4 is 0 Å². The van der Waals surface area contributed by atoms with Gasteiger partial charge >= 0.3 is 0 Å². The number of benzene rings is 1. The highest BCUT2D eigenvalue weighted by Gasteiger charge is 2.19. The molecular weight excluding hydrogens is 163 g/mol. The van der Waals surface area contributed by atoms with Crippen molar-refractivity contribution in [1.82, 2.24) is 0 Å². The van der Waals surface area contributed by atoms with Gasteiger partial charge in [-0.1, -0.05) is 31.2 Å². The Labute approximate surface area is 78.1 Å². The molecule has 0 aromatic heterocycles. The molecular formula is C12H13F. The van der Waals surface area contributed by atoms with Crippen LogP contribution in [-0.2, 0) is 0 Å². The van der Waals surface area contributed by atoms with Gasteiger partial charge in [0.2, 0.25) is 0 Å². The molecule has 0 heterocycles. The molecule has 0 nitrogen and oxygen atoms in total. The van der Waals surface area contributed by atoms with Crippen molar-refractivity contribution < 1.29 is 4.39 Å². The highest BCUT2D eigenvalue weighted by atomic mass is 19.1. The highest BCUT2D eigenvalue weighted by molar-refractivity contribution is 5.48. The van der Waals surface area contributed by atoms with Gasteiger partial charge in [-0.15, -0.1) is 0 Å². The molecule has 0 saturated heterocycles. The first-order chi connectivity index (χ1) is 6.31. The zero-order chi connectivity index (χ0) is 9.26. The monoisotopic (exact) mass is 176 g/mol. The van der Waals surface area contributed by atoms with Gasteiger partial charge in [-0.2, -0.15) is 0 Å². The van der Waals surface area contributed by atoms with E-state index in [1.54, 1.807) is 12.1 Å². The Morgan fingerprint density at radius 2 is 2.15 bits per heavy atom. The van der Waals surface area contributed by atoms with Crippen LogP contribution in [0.4, 0.5) is 4.39 Å². The Hall–Kier alpha value is -1.11. The van der Waals surface area contributed by atoms with E-state index >= 15 is 0 Å². The summed E-state index contributed by atoms with van der Waals surface area (Å²) in [5.41, 5.74) is 1.75. The maximum atomic E-state index is 13.3. The molecule has 0 unspecified atom stereocenters. The average Bonchev–Trinajstić information content (AvgIpc) is 2.01. The molecule has 0 atom stereocenters. The first-order valence-corrected chi connectivity index (χ1v) is 4.73. The van der Waals surface area contributed by atoms with Crippen molar-refractivity contribution in [3.05, 3.63) is 41.7 Å². The van der Waals surface area contributed by atoms with Gasteiger partial charge in [-0.05, 0) is 30.4 Å². The van der Waals surface area contributed by atoms with Crippen molar-refractivity contribution in [1.29, 1.82) is 0 Å². The molecule has 0 spiro atoms. The van der Waals surface area contributed by atoms with Crippen LogP contribution in [0.25, 0.3) is 6.08 Å². The van der Waals surface area contributed by atoms with Crippen molar-refractivity contribution in [3.8, 4) is 0 Å². The van der Waals surface area contributed by atoms with Gasteiger partial charge in [0.15, 0.2) is 0 Å². The minimum absolute atomic E-state index is 0.139.